The fourth-order valence-electron chi connectivity index (χ4n) is 1.23. The van der Waals surface area contributed by atoms with Crippen molar-refractivity contribution in [2.45, 2.75) is 9.79 Å². The van der Waals surface area contributed by atoms with Gasteiger partial charge in [-0.25, -0.2) is 0 Å². The lowest BCUT2D eigenvalue weighted by Crippen LogP contribution is -1.84. The highest BCUT2D eigenvalue weighted by molar-refractivity contribution is 7.80. The lowest BCUT2D eigenvalue weighted by Gasteiger charge is -2.07. The van der Waals surface area contributed by atoms with Crippen LogP contribution in [-0.4, -0.2) is 5.11 Å². The lowest BCUT2D eigenvalue weighted by atomic mass is 10.3. The predicted octanol–water partition coefficient (Wildman–Crippen LogP) is 3.76. The molecule has 0 amide bonds. The standard InChI is InChI=1S/C12H10O2S2/c13-11-7-10(16)5-6-12(11)14-8-1-3-9(15)4-2-8/h1-7,13,15-16H. The number of hydrogen-bond donors (Lipinski definition) is 3. The molecule has 0 aliphatic rings. The van der Waals surface area contributed by atoms with Crippen LogP contribution < -0.4 is 4.74 Å². The average molecular weight is 250 g/mol. The van der Waals surface area contributed by atoms with Crippen LogP contribution in [0.2, 0.25) is 0 Å². The molecule has 82 valence electrons. The van der Waals surface area contributed by atoms with Crippen LogP contribution in [0.15, 0.2) is 52.3 Å². The van der Waals surface area contributed by atoms with Crippen LogP contribution in [0.25, 0.3) is 0 Å². The first-order valence-electron chi connectivity index (χ1n) is 4.64. The molecule has 0 fully saturated rings. The Morgan fingerprint density at radius 2 is 1.50 bits per heavy atom. The minimum Gasteiger partial charge on any atom is -0.504 e. The molecule has 0 bridgehead atoms. The molecule has 2 aromatic rings. The van der Waals surface area contributed by atoms with Crippen molar-refractivity contribution in [2.75, 3.05) is 0 Å². The van der Waals surface area contributed by atoms with Gasteiger partial charge in [0.05, 0.1) is 0 Å². The van der Waals surface area contributed by atoms with Gasteiger partial charge in [0, 0.05) is 9.79 Å². The summed E-state index contributed by atoms with van der Waals surface area (Å²) >= 11 is 8.29. The summed E-state index contributed by atoms with van der Waals surface area (Å²) in [5, 5.41) is 9.62. The smallest absolute Gasteiger partial charge is 0.169 e. The van der Waals surface area contributed by atoms with Gasteiger partial charge in [0.1, 0.15) is 5.75 Å². The van der Waals surface area contributed by atoms with Gasteiger partial charge >= 0.3 is 0 Å². The number of thiol groups is 2. The van der Waals surface area contributed by atoms with Crippen molar-refractivity contribution in [3.63, 3.8) is 0 Å². The molecule has 0 radical (unpaired) electrons. The number of phenols is 1. The number of phenolic OH excluding ortho intramolecular Hbond substituents is 1. The SMILES string of the molecule is Oc1cc(S)ccc1Oc1ccc(S)cc1. The summed E-state index contributed by atoms with van der Waals surface area (Å²) in [5.41, 5.74) is 0. The Hall–Kier alpha value is -1.26. The summed E-state index contributed by atoms with van der Waals surface area (Å²) < 4.78 is 5.50. The highest BCUT2D eigenvalue weighted by atomic mass is 32.1. The number of hydrogen-bond acceptors (Lipinski definition) is 4. The first kappa shape index (κ1) is 11.2. The molecule has 2 aromatic carbocycles. The molecule has 0 saturated heterocycles. The first-order chi connectivity index (χ1) is 7.65. The normalized spacial score (nSPS) is 10.1. The van der Waals surface area contributed by atoms with Crippen molar-refractivity contribution in [1.29, 1.82) is 0 Å². The molecule has 2 nitrogen and oxygen atoms in total. The van der Waals surface area contributed by atoms with Crippen molar-refractivity contribution < 1.29 is 9.84 Å². The van der Waals surface area contributed by atoms with Crippen LogP contribution in [0.4, 0.5) is 0 Å². The molecule has 0 unspecified atom stereocenters. The van der Waals surface area contributed by atoms with Gasteiger partial charge in [-0.3, -0.25) is 0 Å². The summed E-state index contributed by atoms with van der Waals surface area (Å²) in [6.45, 7) is 0. The van der Waals surface area contributed by atoms with E-state index < -0.39 is 0 Å². The molecule has 16 heavy (non-hydrogen) atoms. The third-order valence-corrected chi connectivity index (χ3v) is 2.58. The number of rotatable bonds is 2. The Kier molecular flexibility index (Phi) is 3.31. The second-order valence-corrected chi connectivity index (χ2v) is 4.28. The number of aromatic hydroxyl groups is 1. The maximum absolute atomic E-state index is 9.62. The second-order valence-electron chi connectivity index (χ2n) is 3.25. The van der Waals surface area contributed by atoms with Gasteiger partial charge in [0.2, 0.25) is 0 Å². The fraction of sp³-hybridized carbons (Fsp3) is 0. The van der Waals surface area contributed by atoms with Crippen molar-refractivity contribution in [1.82, 2.24) is 0 Å². The summed E-state index contributed by atoms with van der Waals surface area (Å²) in [6.07, 6.45) is 0. The van der Waals surface area contributed by atoms with E-state index in [0.717, 1.165) is 4.90 Å². The predicted molar refractivity (Wildman–Crippen MR) is 69.1 cm³/mol. The van der Waals surface area contributed by atoms with E-state index in [2.05, 4.69) is 25.3 Å². The summed E-state index contributed by atoms with van der Waals surface area (Å²) in [7, 11) is 0. The van der Waals surface area contributed by atoms with Crippen molar-refractivity contribution in [3.05, 3.63) is 42.5 Å². The second kappa shape index (κ2) is 4.72. The zero-order valence-corrected chi connectivity index (χ0v) is 10.1. The molecule has 0 heterocycles. The highest BCUT2D eigenvalue weighted by Gasteiger charge is 2.03. The largest absolute Gasteiger partial charge is 0.504 e. The van der Waals surface area contributed by atoms with Gasteiger partial charge in [-0.05, 0) is 42.5 Å². The van der Waals surface area contributed by atoms with Crippen molar-refractivity contribution in [3.8, 4) is 17.2 Å². The Morgan fingerprint density at radius 3 is 2.12 bits per heavy atom. The topological polar surface area (TPSA) is 29.5 Å². The maximum Gasteiger partial charge on any atom is 0.169 e. The first-order valence-corrected chi connectivity index (χ1v) is 5.53. The van der Waals surface area contributed by atoms with Crippen LogP contribution in [0, 0.1) is 0 Å². The van der Waals surface area contributed by atoms with Crippen molar-refractivity contribution in [2.24, 2.45) is 0 Å². The molecule has 0 spiro atoms. The van der Waals surface area contributed by atoms with E-state index in [0.29, 0.717) is 16.4 Å². The van der Waals surface area contributed by atoms with Crippen LogP contribution >= 0.6 is 25.3 Å². The van der Waals surface area contributed by atoms with Gasteiger partial charge in [0.25, 0.3) is 0 Å². The zero-order valence-electron chi connectivity index (χ0n) is 8.29. The van der Waals surface area contributed by atoms with E-state index >= 15 is 0 Å². The Bertz CT molecular complexity index is 495. The average Bonchev–Trinajstić information content (AvgIpc) is 2.25. The summed E-state index contributed by atoms with van der Waals surface area (Å²) in [5.74, 6) is 1.13. The summed E-state index contributed by atoms with van der Waals surface area (Å²) in [4.78, 5) is 1.55. The number of ether oxygens (including phenoxy) is 1. The molecular weight excluding hydrogens is 240 g/mol. The van der Waals surface area contributed by atoms with Crippen molar-refractivity contribution >= 4 is 25.3 Å². The monoisotopic (exact) mass is 250 g/mol. The van der Waals surface area contributed by atoms with Gasteiger partial charge in [-0.15, -0.1) is 25.3 Å². The Labute approximate surface area is 105 Å². The van der Waals surface area contributed by atoms with E-state index in [1.54, 1.807) is 24.3 Å². The van der Waals surface area contributed by atoms with Gasteiger partial charge in [-0.2, -0.15) is 0 Å². The van der Waals surface area contributed by atoms with Crippen LogP contribution in [-0.2, 0) is 0 Å². The molecule has 0 atom stereocenters. The highest BCUT2D eigenvalue weighted by Crippen LogP contribution is 2.32. The third kappa shape index (κ3) is 2.65. The van der Waals surface area contributed by atoms with E-state index in [9.17, 15) is 5.11 Å². The van der Waals surface area contributed by atoms with Crippen LogP contribution in [0.3, 0.4) is 0 Å². The van der Waals surface area contributed by atoms with Gasteiger partial charge in [0.15, 0.2) is 11.5 Å². The Morgan fingerprint density at radius 1 is 0.875 bits per heavy atom. The Balaban J connectivity index is 2.23. The molecule has 1 N–H and O–H groups in total. The van der Waals surface area contributed by atoms with E-state index in [1.165, 1.54) is 6.07 Å². The molecular formula is C12H10O2S2. The quantitative estimate of drug-likeness (QED) is 0.708. The molecule has 0 aliphatic heterocycles. The fourth-order valence-corrected chi connectivity index (χ4v) is 1.58. The minimum absolute atomic E-state index is 0.0717. The van der Waals surface area contributed by atoms with Crippen LogP contribution in [0.1, 0.15) is 0 Å². The number of benzene rings is 2. The zero-order chi connectivity index (χ0) is 11.5. The van der Waals surface area contributed by atoms with Gasteiger partial charge in [-0.1, -0.05) is 0 Å². The molecule has 2 rings (SSSR count). The lowest BCUT2D eigenvalue weighted by molar-refractivity contribution is 0.410. The van der Waals surface area contributed by atoms with Crippen LogP contribution in [0.5, 0.6) is 17.2 Å². The molecule has 0 aromatic heterocycles. The molecule has 4 heteroatoms. The minimum atomic E-state index is 0.0717. The molecule has 0 aliphatic carbocycles. The van der Waals surface area contributed by atoms with E-state index in [-0.39, 0.29) is 5.75 Å². The summed E-state index contributed by atoms with van der Waals surface area (Å²) in [6, 6.07) is 12.2. The van der Waals surface area contributed by atoms with Gasteiger partial charge < -0.3 is 9.84 Å². The van der Waals surface area contributed by atoms with E-state index in [1.807, 2.05) is 12.1 Å². The molecule has 0 saturated carbocycles. The third-order valence-electron chi connectivity index (χ3n) is 2.01. The van der Waals surface area contributed by atoms with E-state index in [4.69, 9.17) is 4.74 Å². The maximum atomic E-state index is 9.62.